The highest BCUT2D eigenvalue weighted by Crippen LogP contribution is 2.37. The van der Waals surface area contributed by atoms with Gasteiger partial charge < -0.3 is 23.9 Å². The Morgan fingerprint density at radius 1 is 0.972 bits per heavy atom. The number of aryl methyl sites for hydroxylation is 1. The van der Waals surface area contributed by atoms with Crippen molar-refractivity contribution in [3.8, 4) is 28.7 Å². The molecule has 0 amide bonds. The number of hydrogen-bond acceptors (Lipinski definition) is 8. The van der Waals surface area contributed by atoms with Crippen LogP contribution in [0.1, 0.15) is 11.1 Å². The molecule has 2 heterocycles. The molecule has 9 heteroatoms. The van der Waals surface area contributed by atoms with Gasteiger partial charge in [-0.3, -0.25) is 0 Å². The molecule has 0 saturated heterocycles. The summed E-state index contributed by atoms with van der Waals surface area (Å²) in [5.74, 6) is 2.00. The van der Waals surface area contributed by atoms with Crippen molar-refractivity contribution >= 4 is 15.7 Å². The van der Waals surface area contributed by atoms with Gasteiger partial charge in [0.25, 0.3) is 0 Å². The van der Waals surface area contributed by atoms with Crippen LogP contribution in [0.4, 0.5) is 5.88 Å². The molecule has 1 aromatic heterocycles. The SMILES string of the molecule is COc1ccc(CCNc2oc(-c3ccccc3C)nc2S(=O)(=O)c2ccc3c(c2)OCCO3)cc1. The first kappa shape index (κ1) is 23.7. The second-order valence-electron chi connectivity index (χ2n) is 8.30. The molecular weight excluding hydrogens is 480 g/mol. The molecule has 0 radical (unpaired) electrons. The van der Waals surface area contributed by atoms with E-state index in [1.165, 1.54) is 12.1 Å². The second kappa shape index (κ2) is 9.94. The van der Waals surface area contributed by atoms with E-state index >= 15 is 0 Å². The van der Waals surface area contributed by atoms with Gasteiger partial charge in [0.15, 0.2) is 11.5 Å². The van der Waals surface area contributed by atoms with Crippen LogP contribution in [0.2, 0.25) is 0 Å². The molecule has 186 valence electrons. The Labute approximate surface area is 209 Å². The Balaban J connectivity index is 1.48. The zero-order valence-electron chi connectivity index (χ0n) is 20.0. The van der Waals surface area contributed by atoms with Crippen LogP contribution in [0.3, 0.4) is 0 Å². The number of oxazole rings is 1. The van der Waals surface area contributed by atoms with Gasteiger partial charge in [0.1, 0.15) is 19.0 Å². The molecule has 0 aliphatic carbocycles. The molecular formula is C27H26N2O6S. The van der Waals surface area contributed by atoms with E-state index < -0.39 is 9.84 Å². The smallest absolute Gasteiger partial charge is 0.233 e. The van der Waals surface area contributed by atoms with Crippen LogP contribution in [-0.2, 0) is 16.3 Å². The Kier molecular flexibility index (Phi) is 6.56. The van der Waals surface area contributed by atoms with Crippen LogP contribution in [0.5, 0.6) is 17.2 Å². The number of rotatable bonds is 8. The van der Waals surface area contributed by atoms with Gasteiger partial charge in [0.2, 0.25) is 26.6 Å². The number of methoxy groups -OCH3 is 1. The second-order valence-corrected chi connectivity index (χ2v) is 10.2. The lowest BCUT2D eigenvalue weighted by molar-refractivity contribution is 0.171. The number of aromatic nitrogens is 1. The van der Waals surface area contributed by atoms with E-state index in [4.69, 9.17) is 18.6 Å². The number of ether oxygens (including phenoxy) is 3. The van der Waals surface area contributed by atoms with Gasteiger partial charge in [-0.25, -0.2) is 8.42 Å². The molecule has 0 bridgehead atoms. The summed E-state index contributed by atoms with van der Waals surface area (Å²) < 4.78 is 49.7. The van der Waals surface area contributed by atoms with Gasteiger partial charge in [-0.2, -0.15) is 4.98 Å². The van der Waals surface area contributed by atoms with Gasteiger partial charge in [-0.15, -0.1) is 0 Å². The quantitative estimate of drug-likeness (QED) is 0.360. The fraction of sp³-hybridized carbons (Fsp3) is 0.222. The minimum absolute atomic E-state index is 0.0505. The zero-order chi connectivity index (χ0) is 25.1. The first-order chi connectivity index (χ1) is 17.5. The zero-order valence-corrected chi connectivity index (χ0v) is 20.8. The largest absolute Gasteiger partial charge is 0.497 e. The van der Waals surface area contributed by atoms with E-state index in [-0.39, 0.29) is 21.7 Å². The highest BCUT2D eigenvalue weighted by molar-refractivity contribution is 7.91. The summed E-state index contributed by atoms with van der Waals surface area (Å²) in [6.07, 6.45) is 0.647. The summed E-state index contributed by atoms with van der Waals surface area (Å²) in [4.78, 5) is 4.49. The third-order valence-electron chi connectivity index (χ3n) is 5.91. The molecule has 36 heavy (non-hydrogen) atoms. The van der Waals surface area contributed by atoms with Crippen LogP contribution in [0, 0.1) is 6.92 Å². The molecule has 0 saturated carbocycles. The number of hydrogen-bond donors (Lipinski definition) is 1. The molecule has 1 aliphatic heterocycles. The van der Waals surface area contributed by atoms with Crippen molar-refractivity contribution in [3.05, 3.63) is 77.9 Å². The summed E-state index contributed by atoms with van der Waals surface area (Å²) in [6, 6.07) is 19.8. The maximum absolute atomic E-state index is 13.7. The third kappa shape index (κ3) is 4.74. The Hall–Kier alpha value is -3.98. The Morgan fingerprint density at radius 2 is 1.72 bits per heavy atom. The summed E-state index contributed by atoms with van der Waals surface area (Å²) in [5.41, 5.74) is 2.71. The number of nitrogens with zero attached hydrogens (tertiary/aromatic N) is 1. The molecule has 4 aromatic rings. The maximum Gasteiger partial charge on any atom is 0.233 e. The van der Waals surface area contributed by atoms with Crippen molar-refractivity contribution in [1.29, 1.82) is 0 Å². The summed E-state index contributed by atoms with van der Waals surface area (Å²) in [7, 11) is -2.41. The number of nitrogens with one attached hydrogen (secondary N) is 1. The molecule has 0 unspecified atom stereocenters. The van der Waals surface area contributed by atoms with Crippen molar-refractivity contribution in [2.45, 2.75) is 23.3 Å². The van der Waals surface area contributed by atoms with Crippen molar-refractivity contribution in [2.75, 3.05) is 32.2 Å². The molecule has 3 aromatic carbocycles. The van der Waals surface area contributed by atoms with Crippen molar-refractivity contribution < 1.29 is 27.0 Å². The number of benzene rings is 3. The van der Waals surface area contributed by atoms with E-state index in [0.717, 1.165) is 22.4 Å². The summed E-state index contributed by atoms with van der Waals surface area (Å²) in [6.45, 7) is 3.14. The van der Waals surface area contributed by atoms with Crippen molar-refractivity contribution in [1.82, 2.24) is 4.98 Å². The first-order valence-electron chi connectivity index (χ1n) is 11.5. The van der Waals surface area contributed by atoms with E-state index in [1.54, 1.807) is 13.2 Å². The molecule has 0 fully saturated rings. The topological polar surface area (TPSA) is 99.9 Å². The monoisotopic (exact) mass is 506 g/mol. The average Bonchev–Trinajstić information content (AvgIpc) is 3.34. The lowest BCUT2D eigenvalue weighted by Crippen LogP contribution is -2.16. The minimum Gasteiger partial charge on any atom is -0.497 e. The maximum atomic E-state index is 13.7. The van der Waals surface area contributed by atoms with E-state index in [0.29, 0.717) is 37.7 Å². The van der Waals surface area contributed by atoms with Gasteiger partial charge in [-0.05, 0) is 54.8 Å². The van der Waals surface area contributed by atoms with Gasteiger partial charge >= 0.3 is 0 Å². The summed E-state index contributed by atoms with van der Waals surface area (Å²) >= 11 is 0. The normalized spacial score (nSPS) is 12.8. The van der Waals surface area contributed by atoms with Crippen LogP contribution >= 0.6 is 0 Å². The van der Waals surface area contributed by atoms with Crippen molar-refractivity contribution in [2.24, 2.45) is 0 Å². The number of anilines is 1. The molecule has 0 atom stereocenters. The van der Waals surface area contributed by atoms with Gasteiger partial charge in [-0.1, -0.05) is 30.3 Å². The fourth-order valence-corrected chi connectivity index (χ4v) is 5.24. The predicted molar refractivity (Wildman–Crippen MR) is 135 cm³/mol. The molecule has 0 spiro atoms. The third-order valence-corrected chi connectivity index (χ3v) is 7.57. The number of fused-ring (bicyclic) bond motifs is 1. The molecule has 1 aliphatic rings. The van der Waals surface area contributed by atoms with Crippen LogP contribution in [0.25, 0.3) is 11.5 Å². The van der Waals surface area contributed by atoms with E-state index in [9.17, 15) is 8.42 Å². The lowest BCUT2D eigenvalue weighted by atomic mass is 10.1. The number of sulfone groups is 1. The average molecular weight is 507 g/mol. The van der Waals surface area contributed by atoms with Gasteiger partial charge in [0.05, 0.1) is 12.0 Å². The summed E-state index contributed by atoms with van der Waals surface area (Å²) in [5, 5.41) is 2.97. The Bertz CT molecular complexity index is 1480. The molecule has 1 N–H and O–H groups in total. The Morgan fingerprint density at radius 3 is 2.47 bits per heavy atom. The molecule has 8 nitrogen and oxygen atoms in total. The predicted octanol–water partition coefficient (Wildman–Crippen LogP) is 4.92. The fourth-order valence-electron chi connectivity index (χ4n) is 3.94. The first-order valence-corrected chi connectivity index (χ1v) is 13.0. The van der Waals surface area contributed by atoms with Crippen molar-refractivity contribution in [3.63, 3.8) is 0 Å². The van der Waals surface area contributed by atoms with Gasteiger partial charge in [0, 0.05) is 18.2 Å². The van der Waals surface area contributed by atoms with Crippen LogP contribution in [0.15, 0.2) is 81.1 Å². The van der Waals surface area contributed by atoms with E-state index in [1.807, 2.05) is 55.5 Å². The standard InChI is InChI=1S/C27H26N2O6S/c1-18-5-3-4-6-22(18)25-29-27(26(35-25)28-14-13-19-7-9-20(32-2)10-8-19)36(30,31)21-11-12-23-24(17-21)34-16-15-33-23/h3-12,17,28H,13-16H2,1-2H3. The van der Waals surface area contributed by atoms with Crippen LogP contribution in [-0.4, -0.2) is 40.3 Å². The minimum atomic E-state index is -4.03. The highest BCUT2D eigenvalue weighted by Gasteiger charge is 2.30. The molecule has 5 rings (SSSR count). The highest BCUT2D eigenvalue weighted by atomic mass is 32.2. The van der Waals surface area contributed by atoms with Crippen LogP contribution < -0.4 is 19.5 Å². The lowest BCUT2D eigenvalue weighted by Gasteiger charge is -2.18. The van der Waals surface area contributed by atoms with E-state index in [2.05, 4.69) is 10.3 Å².